The molecule has 0 unspecified atom stereocenters. The molecule has 5 aromatic rings. The lowest BCUT2D eigenvalue weighted by Crippen LogP contribution is -1.81. The monoisotopic (exact) mass is 332 g/mol. The molecule has 0 N–H and O–H groups in total. The first-order chi connectivity index (χ1) is 12.4. The van der Waals surface area contributed by atoms with Gasteiger partial charge in [0.15, 0.2) is 23.0 Å². The van der Waals surface area contributed by atoms with Gasteiger partial charge in [0.1, 0.15) is 11.5 Å². The average molecular weight is 332 g/mol. The van der Waals surface area contributed by atoms with Crippen LogP contribution in [-0.2, 0) is 0 Å². The van der Waals surface area contributed by atoms with E-state index in [4.69, 9.17) is 22.1 Å². The Morgan fingerprint density at radius 2 is 0.800 bits per heavy atom. The molecule has 122 valence electrons. The molecule has 5 heterocycles. The highest BCUT2D eigenvalue weighted by molar-refractivity contribution is 5.95. The molecule has 0 spiro atoms. The van der Waals surface area contributed by atoms with Crippen molar-refractivity contribution in [3.8, 4) is 45.7 Å². The molecule has 5 aromatic heterocycles. The van der Waals surface area contributed by atoms with E-state index in [0.717, 1.165) is 11.1 Å². The summed E-state index contributed by atoms with van der Waals surface area (Å²) in [7, 11) is 0. The molecule has 5 rings (SSSR count). The van der Waals surface area contributed by atoms with Gasteiger partial charge in [-0.15, -0.1) is 0 Å². The second-order valence-corrected chi connectivity index (χ2v) is 5.42. The minimum Gasteiger partial charge on any atom is -0.464 e. The highest BCUT2D eigenvalue weighted by Crippen LogP contribution is 2.48. The molecule has 0 aliphatic rings. The Balaban J connectivity index is 1.88. The molecule has 0 radical (unpaired) electrons. The van der Waals surface area contributed by atoms with E-state index in [1.807, 2.05) is 48.5 Å². The molecule has 0 fully saturated rings. The fraction of sp³-hybridized carbons (Fsp3) is 0. The van der Waals surface area contributed by atoms with Gasteiger partial charge in [-0.25, -0.2) is 0 Å². The first kappa shape index (κ1) is 13.8. The van der Waals surface area contributed by atoms with Crippen LogP contribution >= 0.6 is 0 Å². The van der Waals surface area contributed by atoms with Crippen molar-refractivity contribution in [2.75, 3.05) is 0 Å². The second-order valence-electron chi connectivity index (χ2n) is 5.42. The van der Waals surface area contributed by atoms with E-state index in [1.54, 1.807) is 25.1 Å². The van der Waals surface area contributed by atoms with E-state index in [2.05, 4.69) is 0 Å². The minimum absolute atomic E-state index is 0.553. The van der Waals surface area contributed by atoms with Crippen LogP contribution in [0.1, 0.15) is 0 Å². The lowest BCUT2D eigenvalue weighted by molar-refractivity contribution is 0.507. The summed E-state index contributed by atoms with van der Waals surface area (Å²) in [5, 5.41) is 0. The summed E-state index contributed by atoms with van der Waals surface area (Å²) in [6.07, 6.45) is 6.44. The standard InChI is InChI=1S/C20H12O5/c1-5-13(21-9-1)17-18(14-6-2-10-22-14)20(16-8-4-12-24-16)25-19(17)15-7-3-11-23-15/h1-12H. The zero-order valence-corrected chi connectivity index (χ0v) is 13.0. The summed E-state index contributed by atoms with van der Waals surface area (Å²) in [5.74, 6) is 3.60. The Kier molecular flexibility index (Phi) is 3.03. The first-order valence-corrected chi connectivity index (χ1v) is 7.74. The lowest BCUT2D eigenvalue weighted by Gasteiger charge is -2.01. The van der Waals surface area contributed by atoms with Crippen molar-refractivity contribution < 1.29 is 22.1 Å². The molecule has 0 bridgehead atoms. The van der Waals surface area contributed by atoms with E-state index in [0.29, 0.717) is 34.6 Å². The van der Waals surface area contributed by atoms with E-state index >= 15 is 0 Å². The lowest BCUT2D eigenvalue weighted by atomic mass is 10.0. The van der Waals surface area contributed by atoms with E-state index < -0.39 is 0 Å². The van der Waals surface area contributed by atoms with Gasteiger partial charge in [-0.3, -0.25) is 0 Å². The Labute approximate surface area is 142 Å². The Morgan fingerprint density at radius 1 is 0.440 bits per heavy atom. The van der Waals surface area contributed by atoms with Gasteiger partial charge in [0, 0.05) is 0 Å². The summed E-state index contributed by atoms with van der Waals surface area (Å²) in [6.45, 7) is 0. The van der Waals surface area contributed by atoms with Crippen molar-refractivity contribution in [1.29, 1.82) is 0 Å². The Hall–Kier alpha value is -3.60. The molecule has 0 aliphatic heterocycles. The van der Waals surface area contributed by atoms with Gasteiger partial charge >= 0.3 is 0 Å². The van der Waals surface area contributed by atoms with Gasteiger partial charge in [0.25, 0.3) is 0 Å². The third kappa shape index (κ3) is 2.17. The maximum absolute atomic E-state index is 6.17. The van der Waals surface area contributed by atoms with Crippen molar-refractivity contribution in [3.63, 3.8) is 0 Å². The highest BCUT2D eigenvalue weighted by atomic mass is 16.4. The second kappa shape index (κ2) is 5.49. The predicted octanol–water partition coefficient (Wildman–Crippen LogP) is 6.32. The van der Waals surface area contributed by atoms with Crippen molar-refractivity contribution in [1.82, 2.24) is 0 Å². The number of hydrogen-bond acceptors (Lipinski definition) is 5. The van der Waals surface area contributed by atoms with Crippen LogP contribution in [0.3, 0.4) is 0 Å². The molecular formula is C20H12O5. The summed E-state index contributed by atoms with van der Waals surface area (Å²) >= 11 is 0. The van der Waals surface area contributed by atoms with Crippen molar-refractivity contribution in [2.45, 2.75) is 0 Å². The number of furan rings is 5. The largest absolute Gasteiger partial charge is 0.464 e. The van der Waals surface area contributed by atoms with Crippen molar-refractivity contribution in [3.05, 3.63) is 73.6 Å². The maximum Gasteiger partial charge on any atom is 0.181 e. The Bertz CT molecular complexity index is 973. The van der Waals surface area contributed by atoms with Gasteiger partial charge in [0.05, 0.1) is 36.2 Å². The molecule has 0 aliphatic carbocycles. The van der Waals surface area contributed by atoms with Crippen LogP contribution in [0.25, 0.3) is 45.7 Å². The van der Waals surface area contributed by atoms with E-state index in [-0.39, 0.29) is 0 Å². The van der Waals surface area contributed by atoms with Crippen LogP contribution in [-0.4, -0.2) is 0 Å². The van der Waals surface area contributed by atoms with Crippen LogP contribution in [0.2, 0.25) is 0 Å². The molecule has 0 saturated heterocycles. The molecule has 25 heavy (non-hydrogen) atoms. The zero-order chi connectivity index (χ0) is 16.6. The number of hydrogen-bond donors (Lipinski definition) is 0. The van der Waals surface area contributed by atoms with Gasteiger partial charge < -0.3 is 22.1 Å². The van der Waals surface area contributed by atoms with Crippen LogP contribution < -0.4 is 0 Å². The van der Waals surface area contributed by atoms with Gasteiger partial charge in [-0.2, -0.15) is 0 Å². The highest BCUT2D eigenvalue weighted by Gasteiger charge is 2.30. The zero-order valence-electron chi connectivity index (χ0n) is 13.0. The summed E-state index contributed by atoms with van der Waals surface area (Å²) in [4.78, 5) is 0. The van der Waals surface area contributed by atoms with E-state index in [1.165, 1.54) is 0 Å². The normalized spacial score (nSPS) is 11.2. The molecular weight excluding hydrogens is 320 g/mol. The minimum atomic E-state index is 0.553. The van der Waals surface area contributed by atoms with Gasteiger partial charge in [0.2, 0.25) is 0 Å². The fourth-order valence-corrected chi connectivity index (χ4v) is 2.91. The van der Waals surface area contributed by atoms with Gasteiger partial charge in [-0.05, 0) is 48.5 Å². The van der Waals surface area contributed by atoms with Crippen LogP contribution in [0, 0.1) is 0 Å². The fourth-order valence-electron chi connectivity index (χ4n) is 2.91. The third-order valence-electron chi connectivity index (χ3n) is 3.93. The average Bonchev–Trinajstić information content (AvgIpc) is 3.48. The third-order valence-corrected chi connectivity index (χ3v) is 3.93. The SMILES string of the molecule is c1coc(-c2oc(-c3ccco3)c(-c3ccco3)c2-c2ccco2)c1. The molecule has 0 atom stereocenters. The van der Waals surface area contributed by atoms with Crippen LogP contribution in [0.4, 0.5) is 0 Å². The van der Waals surface area contributed by atoms with Gasteiger partial charge in [-0.1, -0.05) is 0 Å². The van der Waals surface area contributed by atoms with E-state index in [9.17, 15) is 0 Å². The molecule has 0 saturated carbocycles. The smallest absolute Gasteiger partial charge is 0.181 e. The van der Waals surface area contributed by atoms with Crippen molar-refractivity contribution >= 4 is 0 Å². The van der Waals surface area contributed by atoms with Crippen LogP contribution in [0.15, 0.2) is 95.7 Å². The quantitative estimate of drug-likeness (QED) is 0.385. The molecule has 5 heteroatoms. The summed E-state index contributed by atoms with van der Waals surface area (Å²) in [5.41, 5.74) is 1.50. The molecule has 0 amide bonds. The topological polar surface area (TPSA) is 65.7 Å². The molecule has 5 nitrogen and oxygen atoms in total. The summed E-state index contributed by atoms with van der Waals surface area (Å²) < 4.78 is 28.6. The first-order valence-electron chi connectivity index (χ1n) is 7.74. The maximum atomic E-state index is 6.17. The Morgan fingerprint density at radius 3 is 1.12 bits per heavy atom. The summed E-state index contributed by atoms with van der Waals surface area (Å²) in [6, 6.07) is 14.7. The molecule has 0 aromatic carbocycles. The van der Waals surface area contributed by atoms with Crippen LogP contribution in [0.5, 0.6) is 0 Å². The number of rotatable bonds is 4. The predicted molar refractivity (Wildman–Crippen MR) is 89.5 cm³/mol. The van der Waals surface area contributed by atoms with Crippen molar-refractivity contribution in [2.24, 2.45) is 0 Å².